The van der Waals surface area contributed by atoms with Crippen molar-refractivity contribution >= 4 is 5.84 Å². The first-order valence-electron chi connectivity index (χ1n) is 6.00. The first kappa shape index (κ1) is 11.0. The Labute approximate surface area is 107 Å². The fourth-order valence-electron chi connectivity index (χ4n) is 2.25. The molecule has 2 unspecified atom stereocenters. The van der Waals surface area contributed by atoms with Crippen molar-refractivity contribution in [2.75, 3.05) is 7.05 Å². The lowest BCUT2D eigenvalue weighted by atomic mass is 10.2. The van der Waals surface area contributed by atoms with Crippen LogP contribution >= 0.6 is 0 Å². The van der Waals surface area contributed by atoms with E-state index in [-0.39, 0.29) is 6.17 Å². The number of nitrogens with zero attached hydrogens (tertiary/aromatic N) is 2. The molecule has 3 nitrogen and oxygen atoms in total. The van der Waals surface area contributed by atoms with Gasteiger partial charge in [-0.1, -0.05) is 60.7 Å². The van der Waals surface area contributed by atoms with Gasteiger partial charge in [-0.25, -0.2) is 0 Å². The van der Waals surface area contributed by atoms with E-state index < -0.39 is 0 Å². The molecular weight excluding hydrogens is 222 g/mol. The van der Waals surface area contributed by atoms with Crippen molar-refractivity contribution in [1.29, 1.82) is 5.41 Å². The van der Waals surface area contributed by atoms with Crippen LogP contribution in [0.4, 0.5) is 0 Å². The number of hydrogen-bond donors (Lipinski definition) is 1. The SMILES string of the molecule is CN1C(c2ccccc2)N1C(=N)c1ccccc1. The number of hydrogen-bond acceptors (Lipinski definition) is 2. The predicted molar refractivity (Wildman–Crippen MR) is 72.1 cm³/mol. The van der Waals surface area contributed by atoms with Gasteiger partial charge in [-0.2, -0.15) is 5.01 Å². The van der Waals surface area contributed by atoms with Crippen molar-refractivity contribution in [3.63, 3.8) is 0 Å². The van der Waals surface area contributed by atoms with Crippen LogP contribution in [0.15, 0.2) is 60.7 Å². The summed E-state index contributed by atoms with van der Waals surface area (Å²) in [6.45, 7) is 0. The summed E-state index contributed by atoms with van der Waals surface area (Å²) in [5, 5.41) is 12.3. The molecule has 1 saturated heterocycles. The molecular formula is C15H15N3. The summed E-state index contributed by atoms with van der Waals surface area (Å²) in [6, 6.07) is 20.1. The van der Waals surface area contributed by atoms with Crippen LogP contribution in [-0.2, 0) is 0 Å². The second-order valence-corrected chi connectivity index (χ2v) is 4.42. The van der Waals surface area contributed by atoms with Gasteiger partial charge >= 0.3 is 0 Å². The number of rotatable bonds is 2. The molecule has 0 spiro atoms. The molecule has 2 aromatic carbocycles. The van der Waals surface area contributed by atoms with Crippen molar-refractivity contribution < 1.29 is 0 Å². The molecule has 1 aliphatic rings. The molecule has 90 valence electrons. The average Bonchev–Trinajstić information content (AvgIpc) is 3.11. The smallest absolute Gasteiger partial charge is 0.144 e. The molecule has 1 N–H and O–H groups in total. The van der Waals surface area contributed by atoms with Gasteiger partial charge in [0.25, 0.3) is 0 Å². The Hall–Kier alpha value is -2.13. The third-order valence-electron chi connectivity index (χ3n) is 3.25. The molecule has 1 fully saturated rings. The van der Waals surface area contributed by atoms with E-state index in [0.29, 0.717) is 5.84 Å². The van der Waals surface area contributed by atoms with Crippen LogP contribution in [0.25, 0.3) is 0 Å². The van der Waals surface area contributed by atoms with E-state index in [9.17, 15) is 0 Å². The number of nitrogens with one attached hydrogen (secondary N) is 1. The zero-order valence-electron chi connectivity index (χ0n) is 10.2. The van der Waals surface area contributed by atoms with E-state index in [1.807, 2.05) is 60.6 Å². The Morgan fingerprint density at radius 3 is 2.11 bits per heavy atom. The minimum atomic E-state index is 0.193. The lowest BCUT2D eigenvalue weighted by Crippen LogP contribution is -2.14. The summed E-state index contributed by atoms with van der Waals surface area (Å²) in [5.74, 6) is 0.548. The van der Waals surface area contributed by atoms with Crippen LogP contribution < -0.4 is 0 Å². The maximum atomic E-state index is 8.24. The third kappa shape index (κ3) is 1.79. The Morgan fingerprint density at radius 1 is 0.944 bits per heavy atom. The summed E-state index contributed by atoms with van der Waals surface area (Å²) in [5.41, 5.74) is 2.17. The maximum Gasteiger partial charge on any atom is 0.144 e. The van der Waals surface area contributed by atoms with Crippen molar-refractivity contribution in [3.8, 4) is 0 Å². The van der Waals surface area contributed by atoms with E-state index in [2.05, 4.69) is 17.1 Å². The fourth-order valence-corrected chi connectivity index (χ4v) is 2.25. The van der Waals surface area contributed by atoms with Crippen LogP contribution in [0.1, 0.15) is 17.3 Å². The van der Waals surface area contributed by atoms with Gasteiger partial charge in [0.2, 0.25) is 0 Å². The normalized spacial score (nSPS) is 21.7. The van der Waals surface area contributed by atoms with Gasteiger partial charge in [-0.05, 0) is 5.56 Å². The van der Waals surface area contributed by atoms with Crippen molar-refractivity contribution in [1.82, 2.24) is 10.0 Å². The highest BCUT2D eigenvalue weighted by molar-refractivity contribution is 5.97. The van der Waals surface area contributed by atoms with Gasteiger partial charge in [0.15, 0.2) is 0 Å². The fraction of sp³-hybridized carbons (Fsp3) is 0.133. The Morgan fingerprint density at radius 2 is 1.50 bits per heavy atom. The maximum absolute atomic E-state index is 8.24. The lowest BCUT2D eigenvalue weighted by molar-refractivity contribution is 0.477. The highest BCUT2D eigenvalue weighted by Gasteiger charge is 2.45. The minimum absolute atomic E-state index is 0.193. The molecule has 0 aromatic heterocycles. The van der Waals surface area contributed by atoms with Crippen molar-refractivity contribution in [3.05, 3.63) is 71.8 Å². The second kappa shape index (κ2) is 4.27. The summed E-state index contributed by atoms with van der Waals surface area (Å²) in [4.78, 5) is 0. The van der Waals surface area contributed by atoms with Crippen molar-refractivity contribution in [2.45, 2.75) is 6.17 Å². The van der Waals surface area contributed by atoms with Crippen LogP contribution in [0.3, 0.4) is 0 Å². The van der Waals surface area contributed by atoms with Gasteiger partial charge in [-0.15, -0.1) is 0 Å². The minimum Gasteiger partial charge on any atom is -0.283 e. The van der Waals surface area contributed by atoms with Crippen LogP contribution in [0.2, 0.25) is 0 Å². The molecule has 0 aliphatic carbocycles. The quantitative estimate of drug-likeness (QED) is 0.494. The standard InChI is InChI=1S/C15H15N3/c1-17-15(13-10-6-3-7-11-13)18(17)14(16)12-8-4-2-5-9-12/h2-11,15-16H,1H3. The third-order valence-corrected chi connectivity index (χ3v) is 3.25. The first-order valence-corrected chi connectivity index (χ1v) is 6.00. The van der Waals surface area contributed by atoms with Crippen molar-refractivity contribution in [2.24, 2.45) is 0 Å². The molecule has 0 bridgehead atoms. The molecule has 1 heterocycles. The number of benzene rings is 2. The first-order chi connectivity index (χ1) is 8.79. The van der Waals surface area contributed by atoms with Gasteiger partial charge < -0.3 is 0 Å². The van der Waals surface area contributed by atoms with Crippen LogP contribution in [0.5, 0.6) is 0 Å². The molecule has 0 amide bonds. The average molecular weight is 237 g/mol. The summed E-state index contributed by atoms with van der Waals surface area (Å²) in [7, 11) is 2.01. The topological polar surface area (TPSA) is 29.9 Å². The van der Waals surface area contributed by atoms with E-state index in [4.69, 9.17) is 5.41 Å². The van der Waals surface area contributed by atoms with E-state index >= 15 is 0 Å². The molecule has 3 heteroatoms. The van der Waals surface area contributed by atoms with Gasteiger partial charge in [0.1, 0.15) is 12.0 Å². The number of amidine groups is 1. The highest BCUT2D eigenvalue weighted by Crippen LogP contribution is 2.40. The molecule has 2 aromatic rings. The van der Waals surface area contributed by atoms with E-state index in [0.717, 1.165) is 5.56 Å². The molecule has 3 rings (SSSR count). The summed E-state index contributed by atoms with van der Waals surface area (Å²) in [6.07, 6.45) is 0.193. The van der Waals surface area contributed by atoms with E-state index in [1.165, 1.54) is 5.56 Å². The Bertz CT molecular complexity index is 550. The predicted octanol–water partition coefficient (Wildman–Crippen LogP) is 2.87. The second-order valence-electron chi connectivity index (χ2n) is 4.42. The monoisotopic (exact) mass is 237 g/mol. The molecule has 0 saturated carbocycles. The highest BCUT2D eigenvalue weighted by atomic mass is 15.9. The lowest BCUT2D eigenvalue weighted by Gasteiger charge is -2.05. The zero-order valence-corrected chi connectivity index (χ0v) is 10.2. The van der Waals surface area contributed by atoms with Gasteiger partial charge in [0.05, 0.1) is 0 Å². The van der Waals surface area contributed by atoms with Crippen LogP contribution in [-0.4, -0.2) is 22.9 Å². The zero-order chi connectivity index (χ0) is 12.5. The Balaban J connectivity index is 1.82. The molecule has 18 heavy (non-hydrogen) atoms. The van der Waals surface area contributed by atoms with Crippen LogP contribution in [0, 0.1) is 5.41 Å². The number of hydrazine groups is 1. The van der Waals surface area contributed by atoms with Gasteiger partial charge in [-0.3, -0.25) is 10.4 Å². The van der Waals surface area contributed by atoms with E-state index in [1.54, 1.807) is 0 Å². The molecule has 1 aliphatic heterocycles. The summed E-state index contributed by atoms with van der Waals surface area (Å²) >= 11 is 0. The molecule has 0 radical (unpaired) electrons. The van der Waals surface area contributed by atoms with Gasteiger partial charge in [0, 0.05) is 12.6 Å². The largest absolute Gasteiger partial charge is 0.283 e. The molecule has 2 atom stereocenters. The summed E-state index contributed by atoms with van der Waals surface area (Å²) < 4.78 is 0. The Kier molecular flexibility index (Phi) is 2.61.